The van der Waals surface area contributed by atoms with Gasteiger partial charge in [0.1, 0.15) is 5.82 Å². The predicted molar refractivity (Wildman–Crippen MR) is 80.8 cm³/mol. The summed E-state index contributed by atoms with van der Waals surface area (Å²) in [6.07, 6.45) is 3.17. The number of amides is 1. The smallest absolute Gasteiger partial charge is 0.276 e. The van der Waals surface area contributed by atoms with Crippen LogP contribution in [0, 0.1) is 5.82 Å². The van der Waals surface area contributed by atoms with E-state index in [-0.39, 0.29) is 23.8 Å². The maximum atomic E-state index is 13.0. The minimum absolute atomic E-state index is 0.100. The van der Waals surface area contributed by atoms with Gasteiger partial charge in [0.05, 0.1) is 0 Å². The van der Waals surface area contributed by atoms with Crippen molar-refractivity contribution < 1.29 is 13.7 Å². The van der Waals surface area contributed by atoms with E-state index in [1.165, 1.54) is 12.1 Å². The van der Waals surface area contributed by atoms with Crippen LogP contribution in [0.15, 0.2) is 34.9 Å². The zero-order valence-corrected chi connectivity index (χ0v) is 12.8. The SMILES string of the molecule is C[C@H]1CCC[C@H](C)N1C(=O)c1cc(-c2ccc(F)cc2)on1. The summed E-state index contributed by atoms with van der Waals surface area (Å²) in [5.41, 5.74) is 1.01. The molecule has 0 unspecified atom stereocenters. The average Bonchev–Trinajstić information content (AvgIpc) is 2.97. The highest BCUT2D eigenvalue weighted by molar-refractivity contribution is 5.93. The largest absolute Gasteiger partial charge is 0.355 e. The minimum Gasteiger partial charge on any atom is -0.355 e. The first kappa shape index (κ1) is 14.8. The zero-order valence-electron chi connectivity index (χ0n) is 12.8. The number of halogens is 1. The molecule has 0 bridgehead atoms. The van der Waals surface area contributed by atoms with Gasteiger partial charge in [0.15, 0.2) is 11.5 Å². The quantitative estimate of drug-likeness (QED) is 0.845. The van der Waals surface area contributed by atoms with E-state index >= 15 is 0 Å². The zero-order chi connectivity index (χ0) is 15.7. The van der Waals surface area contributed by atoms with Crippen LogP contribution in [0.25, 0.3) is 11.3 Å². The van der Waals surface area contributed by atoms with Crippen LogP contribution in [0.1, 0.15) is 43.6 Å². The van der Waals surface area contributed by atoms with Gasteiger partial charge in [-0.25, -0.2) is 4.39 Å². The summed E-state index contributed by atoms with van der Waals surface area (Å²) in [4.78, 5) is 14.5. The molecule has 0 aliphatic carbocycles. The van der Waals surface area contributed by atoms with Crippen molar-refractivity contribution in [3.05, 3.63) is 41.8 Å². The molecule has 1 aliphatic heterocycles. The van der Waals surface area contributed by atoms with Gasteiger partial charge in [0.25, 0.3) is 5.91 Å². The average molecular weight is 302 g/mol. The highest BCUT2D eigenvalue weighted by Gasteiger charge is 2.31. The Labute approximate surface area is 128 Å². The number of benzene rings is 1. The summed E-state index contributed by atoms with van der Waals surface area (Å²) < 4.78 is 18.2. The monoisotopic (exact) mass is 302 g/mol. The number of rotatable bonds is 2. The summed E-state index contributed by atoms with van der Waals surface area (Å²) in [7, 11) is 0. The fraction of sp³-hybridized carbons (Fsp3) is 0.412. The summed E-state index contributed by atoms with van der Waals surface area (Å²) in [5, 5.41) is 3.90. The lowest BCUT2D eigenvalue weighted by Crippen LogP contribution is -2.47. The topological polar surface area (TPSA) is 46.3 Å². The molecule has 1 amide bonds. The molecule has 0 radical (unpaired) electrons. The van der Waals surface area contributed by atoms with Gasteiger partial charge < -0.3 is 9.42 Å². The fourth-order valence-electron chi connectivity index (χ4n) is 3.08. The predicted octanol–water partition coefficient (Wildman–Crippen LogP) is 3.88. The molecule has 1 fully saturated rings. The van der Waals surface area contributed by atoms with Crippen molar-refractivity contribution in [2.75, 3.05) is 0 Å². The molecule has 22 heavy (non-hydrogen) atoms. The van der Waals surface area contributed by atoms with Crippen molar-refractivity contribution in [3.8, 4) is 11.3 Å². The van der Waals surface area contributed by atoms with Gasteiger partial charge in [-0.05, 0) is 57.4 Å². The van der Waals surface area contributed by atoms with E-state index in [2.05, 4.69) is 19.0 Å². The van der Waals surface area contributed by atoms with E-state index in [4.69, 9.17) is 4.52 Å². The Bertz CT molecular complexity index is 656. The molecule has 2 heterocycles. The molecule has 1 aliphatic rings. The number of nitrogens with zero attached hydrogens (tertiary/aromatic N) is 2. The van der Waals surface area contributed by atoms with Crippen LogP contribution in [0.4, 0.5) is 4.39 Å². The molecule has 1 aromatic heterocycles. The maximum absolute atomic E-state index is 13.0. The van der Waals surface area contributed by atoms with E-state index < -0.39 is 0 Å². The second kappa shape index (κ2) is 5.91. The van der Waals surface area contributed by atoms with E-state index in [1.807, 2.05) is 4.90 Å². The molecule has 1 aromatic carbocycles. The first-order valence-electron chi connectivity index (χ1n) is 7.61. The lowest BCUT2D eigenvalue weighted by Gasteiger charge is -2.38. The van der Waals surface area contributed by atoms with Crippen molar-refractivity contribution in [1.82, 2.24) is 10.1 Å². The minimum atomic E-state index is -0.310. The third-order valence-electron chi connectivity index (χ3n) is 4.29. The summed E-state index contributed by atoms with van der Waals surface area (Å²) >= 11 is 0. The van der Waals surface area contributed by atoms with Crippen molar-refractivity contribution in [3.63, 3.8) is 0 Å². The van der Waals surface area contributed by atoms with Crippen molar-refractivity contribution in [2.24, 2.45) is 0 Å². The Morgan fingerprint density at radius 2 is 1.86 bits per heavy atom. The highest BCUT2D eigenvalue weighted by atomic mass is 19.1. The van der Waals surface area contributed by atoms with Gasteiger partial charge in [-0.2, -0.15) is 0 Å². The standard InChI is InChI=1S/C17H19FN2O2/c1-11-4-3-5-12(2)20(11)17(21)15-10-16(22-19-15)13-6-8-14(18)9-7-13/h6-12H,3-5H2,1-2H3/t11-,12-/m0/s1. The first-order valence-corrected chi connectivity index (χ1v) is 7.61. The molecule has 116 valence electrons. The van der Waals surface area contributed by atoms with E-state index in [1.54, 1.807) is 18.2 Å². The van der Waals surface area contributed by atoms with Gasteiger partial charge in [-0.15, -0.1) is 0 Å². The molecular weight excluding hydrogens is 283 g/mol. The molecular formula is C17H19FN2O2. The normalized spacial score (nSPS) is 21.9. The van der Waals surface area contributed by atoms with Gasteiger partial charge in [0.2, 0.25) is 0 Å². The second-order valence-electron chi connectivity index (χ2n) is 5.92. The Kier molecular flexibility index (Phi) is 3.96. The van der Waals surface area contributed by atoms with Gasteiger partial charge >= 0.3 is 0 Å². The van der Waals surface area contributed by atoms with Crippen molar-refractivity contribution in [2.45, 2.75) is 45.2 Å². The van der Waals surface area contributed by atoms with Gasteiger partial charge in [0, 0.05) is 23.7 Å². The second-order valence-corrected chi connectivity index (χ2v) is 5.92. The number of aromatic nitrogens is 1. The molecule has 2 aromatic rings. The fourth-order valence-corrected chi connectivity index (χ4v) is 3.08. The molecule has 1 saturated heterocycles. The molecule has 0 saturated carbocycles. The highest BCUT2D eigenvalue weighted by Crippen LogP contribution is 2.26. The van der Waals surface area contributed by atoms with Crippen LogP contribution < -0.4 is 0 Å². The first-order chi connectivity index (χ1) is 10.6. The van der Waals surface area contributed by atoms with Gasteiger partial charge in [-0.1, -0.05) is 5.16 Å². The van der Waals surface area contributed by atoms with Gasteiger partial charge in [-0.3, -0.25) is 4.79 Å². The Morgan fingerprint density at radius 3 is 2.50 bits per heavy atom. The summed E-state index contributed by atoms with van der Waals surface area (Å²) in [6, 6.07) is 7.97. The van der Waals surface area contributed by atoms with E-state index in [0.717, 1.165) is 19.3 Å². The molecule has 0 spiro atoms. The van der Waals surface area contributed by atoms with Crippen molar-refractivity contribution in [1.29, 1.82) is 0 Å². The Balaban J connectivity index is 1.83. The third kappa shape index (κ3) is 2.75. The number of piperidine rings is 1. The summed E-state index contributed by atoms with van der Waals surface area (Å²) in [6.45, 7) is 4.13. The van der Waals surface area contributed by atoms with Crippen LogP contribution in [0.3, 0.4) is 0 Å². The molecule has 4 nitrogen and oxygen atoms in total. The molecule has 2 atom stereocenters. The maximum Gasteiger partial charge on any atom is 0.276 e. The lowest BCUT2D eigenvalue weighted by atomic mass is 9.97. The van der Waals surface area contributed by atoms with Crippen LogP contribution >= 0.6 is 0 Å². The van der Waals surface area contributed by atoms with E-state index in [0.29, 0.717) is 17.0 Å². The molecule has 5 heteroatoms. The van der Waals surface area contributed by atoms with Crippen LogP contribution in [0.2, 0.25) is 0 Å². The van der Waals surface area contributed by atoms with Crippen LogP contribution in [-0.2, 0) is 0 Å². The number of likely N-dealkylation sites (tertiary alicyclic amines) is 1. The molecule has 3 rings (SSSR count). The Morgan fingerprint density at radius 1 is 1.23 bits per heavy atom. The number of hydrogen-bond donors (Lipinski definition) is 0. The lowest BCUT2D eigenvalue weighted by molar-refractivity contribution is 0.0500. The number of hydrogen-bond acceptors (Lipinski definition) is 3. The van der Waals surface area contributed by atoms with E-state index in [9.17, 15) is 9.18 Å². The third-order valence-corrected chi connectivity index (χ3v) is 4.29. The van der Waals surface area contributed by atoms with Crippen LogP contribution in [-0.4, -0.2) is 28.0 Å². The summed E-state index contributed by atoms with van der Waals surface area (Å²) in [5.74, 6) is 0.0630. The Hall–Kier alpha value is -2.17. The molecule has 0 N–H and O–H groups in total. The number of carbonyl (C=O) groups is 1. The van der Waals surface area contributed by atoms with Crippen LogP contribution in [0.5, 0.6) is 0 Å². The van der Waals surface area contributed by atoms with Crippen molar-refractivity contribution >= 4 is 5.91 Å². The number of carbonyl (C=O) groups excluding carboxylic acids is 1.